The van der Waals surface area contributed by atoms with Crippen molar-refractivity contribution in [2.45, 2.75) is 13.5 Å². The summed E-state index contributed by atoms with van der Waals surface area (Å²) in [7, 11) is 3.49. The van der Waals surface area contributed by atoms with Gasteiger partial charge in [-0.1, -0.05) is 30.3 Å². The van der Waals surface area contributed by atoms with E-state index in [9.17, 15) is 4.79 Å². The van der Waals surface area contributed by atoms with Crippen molar-refractivity contribution in [3.05, 3.63) is 53.3 Å². The van der Waals surface area contributed by atoms with Gasteiger partial charge in [0.15, 0.2) is 0 Å². The van der Waals surface area contributed by atoms with E-state index in [0.29, 0.717) is 12.1 Å². The third-order valence-electron chi connectivity index (χ3n) is 2.91. The number of nitrogens with zero attached hydrogens (tertiary/aromatic N) is 3. The van der Waals surface area contributed by atoms with Gasteiger partial charge < -0.3 is 4.90 Å². The summed E-state index contributed by atoms with van der Waals surface area (Å²) in [4.78, 5) is 13.5. The van der Waals surface area contributed by atoms with E-state index in [0.717, 1.165) is 5.69 Å². The van der Waals surface area contributed by atoms with Crippen molar-refractivity contribution >= 4 is 5.91 Å². The Labute approximate surface area is 107 Å². The third-order valence-corrected chi connectivity index (χ3v) is 2.91. The van der Waals surface area contributed by atoms with Gasteiger partial charge in [0.05, 0.1) is 18.3 Å². The van der Waals surface area contributed by atoms with E-state index in [2.05, 4.69) is 17.2 Å². The minimum absolute atomic E-state index is 0.00758. The van der Waals surface area contributed by atoms with Gasteiger partial charge in [-0.2, -0.15) is 5.10 Å². The lowest BCUT2D eigenvalue weighted by molar-refractivity contribution is 0.0827. The molecule has 0 bridgehead atoms. The molecule has 1 amide bonds. The Balaban J connectivity index is 2.24. The van der Waals surface area contributed by atoms with E-state index < -0.39 is 0 Å². The molecular formula is C14H17N3O. The van der Waals surface area contributed by atoms with Gasteiger partial charge in [0, 0.05) is 19.8 Å². The average Bonchev–Trinajstić information content (AvgIpc) is 2.71. The van der Waals surface area contributed by atoms with Crippen molar-refractivity contribution in [3.63, 3.8) is 0 Å². The van der Waals surface area contributed by atoms with Gasteiger partial charge in [-0.3, -0.25) is 9.48 Å². The lowest BCUT2D eigenvalue weighted by Gasteiger charge is -2.10. The zero-order valence-electron chi connectivity index (χ0n) is 10.9. The smallest absolute Gasteiger partial charge is 0.256 e. The van der Waals surface area contributed by atoms with E-state index in [1.165, 1.54) is 5.56 Å². The highest BCUT2D eigenvalue weighted by molar-refractivity contribution is 5.94. The van der Waals surface area contributed by atoms with Gasteiger partial charge in [-0.25, -0.2) is 0 Å². The summed E-state index contributed by atoms with van der Waals surface area (Å²) >= 11 is 0. The molecule has 4 heteroatoms. The molecule has 0 saturated carbocycles. The fraction of sp³-hybridized carbons (Fsp3) is 0.286. The van der Waals surface area contributed by atoms with Crippen LogP contribution in [0.3, 0.4) is 0 Å². The first-order valence-corrected chi connectivity index (χ1v) is 5.87. The largest absolute Gasteiger partial charge is 0.345 e. The second-order valence-electron chi connectivity index (χ2n) is 4.49. The normalized spacial score (nSPS) is 10.4. The van der Waals surface area contributed by atoms with Crippen LogP contribution in [0.1, 0.15) is 21.6 Å². The molecule has 0 aliphatic carbocycles. The molecule has 0 aliphatic heterocycles. The number of benzene rings is 1. The number of rotatable bonds is 3. The maximum atomic E-state index is 11.9. The number of hydrogen-bond acceptors (Lipinski definition) is 2. The minimum Gasteiger partial charge on any atom is -0.345 e. The van der Waals surface area contributed by atoms with Gasteiger partial charge in [-0.05, 0) is 12.5 Å². The second kappa shape index (κ2) is 5.04. The molecule has 18 heavy (non-hydrogen) atoms. The zero-order valence-corrected chi connectivity index (χ0v) is 10.9. The van der Waals surface area contributed by atoms with Crippen LogP contribution in [0.15, 0.2) is 36.5 Å². The van der Waals surface area contributed by atoms with Gasteiger partial charge >= 0.3 is 0 Å². The number of amides is 1. The number of hydrogen-bond donors (Lipinski definition) is 0. The molecule has 0 saturated heterocycles. The van der Waals surface area contributed by atoms with E-state index in [4.69, 9.17) is 0 Å². The summed E-state index contributed by atoms with van der Waals surface area (Å²) in [6.45, 7) is 2.61. The standard InChI is InChI=1S/C14H17N3O/c1-11-13(14(18)16(2)3)9-15-17(11)10-12-7-5-4-6-8-12/h4-9H,10H2,1-3H3. The maximum Gasteiger partial charge on any atom is 0.256 e. The van der Waals surface area contributed by atoms with Crippen molar-refractivity contribution in [2.24, 2.45) is 0 Å². The summed E-state index contributed by atoms with van der Waals surface area (Å²) in [6, 6.07) is 10.1. The number of carbonyl (C=O) groups is 1. The molecule has 1 aromatic carbocycles. The molecule has 1 heterocycles. The molecule has 2 aromatic rings. The molecule has 0 fully saturated rings. The van der Waals surface area contributed by atoms with Crippen LogP contribution in [-0.4, -0.2) is 34.7 Å². The molecule has 94 valence electrons. The van der Waals surface area contributed by atoms with E-state index in [-0.39, 0.29) is 5.91 Å². The lowest BCUT2D eigenvalue weighted by Crippen LogP contribution is -2.22. The predicted octanol–water partition coefficient (Wildman–Crippen LogP) is 1.94. The quantitative estimate of drug-likeness (QED) is 0.826. The highest BCUT2D eigenvalue weighted by atomic mass is 16.2. The predicted molar refractivity (Wildman–Crippen MR) is 70.5 cm³/mol. The van der Waals surface area contributed by atoms with E-state index >= 15 is 0 Å². The van der Waals surface area contributed by atoms with Crippen LogP contribution in [0.25, 0.3) is 0 Å². The summed E-state index contributed by atoms with van der Waals surface area (Å²) < 4.78 is 1.85. The maximum absolute atomic E-state index is 11.9. The molecule has 0 aliphatic rings. The Morgan fingerprint density at radius 1 is 1.28 bits per heavy atom. The summed E-state index contributed by atoms with van der Waals surface area (Å²) in [5.41, 5.74) is 2.74. The second-order valence-corrected chi connectivity index (χ2v) is 4.49. The van der Waals surface area contributed by atoms with Crippen LogP contribution in [0.4, 0.5) is 0 Å². The van der Waals surface area contributed by atoms with Gasteiger partial charge in [-0.15, -0.1) is 0 Å². The average molecular weight is 243 g/mol. The van der Waals surface area contributed by atoms with Crippen LogP contribution in [-0.2, 0) is 6.54 Å². The first-order valence-electron chi connectivity index (χ1n) is 5.87. The lowest BCUT2D eigenvalue weighted by atomic mass is 10.2. The first kappa shape index (κ1) is 12.4. The van der Waals surface area contributed by atoms with Crippen LogP contribution in [0, 0.1) is 6.92 Å². The fourth-order valence-electron chi connectivity index (χ4n) is 1.81. The van der Waals surface area contributed by atoms with Gasteiger partial charge in [0.2, 0.25) is 0 Å². The molecule has 0 radical (unpaired) electrons. The molecule has 1 aromatic heterocycles. The Bertz CT molecular complexity index is 543. The monoisotopic (exact) mass is 243 g/mol. The van der Waals surface area contributed by atoms with Crippen molar-refractivity contribution in [1.82, 2.24) is 14.7 Å². The van der Waals surface area contributed by atoms with Crippen molar-refractivity contribution in [1.29, 1.82) is 0 Å². The van der Waals surface area contributed by atoms with Crippen molar-refractivity contribution < 1.29 is 4.79 Å². The summed E-state index contributed by atoms with van der Waals surface area (Å²) in [5.74, 6) is -0.00758. The van der Waals surface area contributed by atoms with Gasteiger partial charge in [0.25, 0.3) is 5.91 Å². The van der Waals surface area contributed by atoms with Crippen LogP contribution in [0.2, 0.25) is 0 Å². The zero-order chi connectivity index (χ0) is 13.1. The number of carbonyl (C=O) groups excluding carboxylic acids is 1. The first-order chi connectivity index (χ1) is 8.59. The third kappa shape index (κ3) is 2.42. The Morgan fingerprint density at radius 2 is 1.94 bits per heavy atom. The Morgan fingerprint density at radius 3 is 2.56 bits per heavy atom. The van der Waals surface area contributed by atoms with Crippen LogP contribution >= 0.6 is 0 Å². The molecule has 0 atom stereocenters. The minimum atomic E-state index is -0.00758. The van der Waals surface area contributed by atoms with E-state index in [1.807, 2.05) is 29.8 Å². The highest BCUT2D eigenvalue weighted by Crippen LogP contribution is 2.11. The van der Waals surface area contributed by atoms with Crippen molar-refractivity contribution in [2.75, 3.05) is 14.1 Å². The van der Waals surface area contributed by atoms with Gasteiger partial charge in [0.1, 0.15) is 0 Å². The molecule has 0 unspecified atom stereocenters. The summed E-state index contributed by atoms with van der Waals surface area (Å²) in [6.07, 6.45) is 1.64. The fourth-order valence-corrected chi connectivity index (χ4v) is 1.81. The van der Waals surface area contributed by atoms with Crippen molar-refractivity contribution in [3.8, 4) is 0 Å². The topological polar surface area (TPSA) is 38.1 Å². The van der Waals surface area contributed by atoms with Crippen LogP contribution in [0.5, 0.6) is 0 Å². The van der Waals surface area contributed by atoms with Crippen LogP contribution < -0.4 is 0 Å². The molecule has 0 N–H and O–H groups in total. The molecule has 0 spiro atoms. The molecule has 2 rings (SSSR count). The SMILES string of the molecule is Cc1c(C(=O)N(C)C)cnn1Cc1ccccc1. The highest BCUT2D eigenvalue weighted by Gasteiger charge is 2.15. The Hall–Kier alpha value is -2.10. The molecular weight excluding hydrogens is 226 g/mol. The van der Waals surface area contributed by atoms with E-state index in [1.54, 1.807) is 25.2 Å². The summed E-state index contributed by atoms with van der Waals surface area (Å²) in [5, 5.41) is 4.28. The number of aromatic nitrogens is 2. The molecule has 4 nitrogen and oxygen atoms in total. The Kier molecular flexibility index (Phi) is 3.46.